The maximum absolute atomic E-state index is 12.7. The number of nitrogens with zero attached hydrogens (tertiary/aromatic N) is 4. The van der Waals surface area contributed by atoms with Crippen LogP contribution >= 0.6 is 24.8 Å². The van der Waals surface area contributed by atoms with E-state index in [0.717, 1.165) is 58.5 Å². The summed E-state index contributed by atoms with van der Waals surface area (Å²) in [6.45, 7) is 11.5. The first-order valence-corrected chi connectivity index (χ1v) is 12.1. The summed E-state index contributed by atoms with van der Waals surface area (Å²) >= 11 is 0. The van der Waals surface area contributed by atoms with Crippen LogP contribution in [0.25, 0.3) is 0 Å². The van der Waals surface area contributed by atoms with Crippen LogP contribution in [-0.2, 0) is 11.2 Å². The van der Waals surface area contributed by atoms with Gasteiger partial charge in [-0.25, -0.2) is 4.79 Å². The molecule has 2 saturated heterocycles. The number of likely N-dealkylation sites (tertiary alicyclic amines) is 1. The Kier molecular flexibility index (Phi) is 13.5. The predicted octanol–water partition coefficient (Wildman–Crippen LogP) is 4.40. The Labute approximate surface area is 213 Å². The number of hydrogen-bond acceptors (Lipinski definition) is 4. The quantitative estimate of drug-likeness (QED) is 0.527. The van der Waals surface area contributed by atoms with Gasteiger partial charge in [0.25, 0.3) is 0 Å². The number of urea groups is 1. The fraction of sp³-hybridized carbons (Fsp3) is 0.720. The van der Waals surface area contributed by atoms with E-state index in [-0.39, 0.29) is 30.8 Å². The number of benzene rings is 1. The molecule has 190 valence electrons. The summed E-state index contributed by atoms with van der Waals surface area (Å²) in [4.78, 5) is 21.6. The number of morpholine rings is 1. The largest absolute Gasteiger partial charge is 0.378 e. The lowest BCUT2D eigenvalue weighted by Crippen LogP contribution is -2.51. The molecule has 0 aliphatic carbocycles. The van der Waals surface area contributed by atoms with E-state index >= 15 is 0 Å². The Morgan fingerprint density at radius 1 is 1.03 bits per heavy atom. The van der Waals surface area contributed by atoms with E-state index < -0.39 is 0 Å². The highest BCUT2D eigenvalue weighted by Gasteiger charge is 2.28. The number of piperidine rings is 1. The third-order valence-electron chi connectivity index (χ3n) is 6.78. The molecule has 2 heterocycles. The third-order valence-corrected chi connectivity index (χ3v) is 6.78. The molecule has 0 N–H and O–H groups in total. The average Bonchev–Trinajstić information content (AvgIpc) is 2.79. The van der Waals surface area contributed by atoms with Crippen molar-refractivity contribution in [3.05, 3.63) is 29.8 Å². The van der Waals surface area contributed by atoms with Crippen molar-refractivity contribution in [3.8, 4) is 0 Å². The number of halogens is 2. The van der Waals surface area contributed by atoms with Gasteiger partial charge in [0, 0.05) is 58.5 Å². The van der Waals surface area contributed by atoms with Crippen LogP contribution in [0, 0.1) is 5.92 Å². The lowest BCUT2D eigenvalue weighted by Gasteiger charge is -2.39. The molecular weight excluding hydrogens is 459 g/mol. The zero-order valence-corrected chi connectivity index (χ0v) is 22.5. The maximum atomic E-state index is 12.7. The molecule has 2 fully saturated rings. The van der Waals surface area contributed by atoms with E-state index in [0.29, 0.717) is 25.2 Å². The Morgan fingerprint density at radius 2 is 1.61 bits per heavy atom. The number of carbonyl (C=O) groups is 1. The molecule has 8 heteroatoms. The first kappa shape index (κ1) is 29.8. The maximum Gasteiger partial charge on any atom is 0.320 e. The van der Waals surface area contributed by atoms with Crippen molar-refractivity contribution in [1.82, 2.24) is 14.7 Å². The number of amides is 2. The summed E-state index contributed by atoms with van der Waals surface area (Å²) < 4.78 is 5.38. The average molecular weight is 504 g/mol. The van der Waals surface area contributed by atoms with Crippen LogP contribution in [-0.4, -0.2) is 93.4 Å². The molecule has 0 saturated carbocycles. The first-order chi connectivity index (χ1) is 15.0. The van der Waals surface area contributed by atoms with Crippen molar-refractivity contribution < 1.29 is 9.53 Å². The van der Waals surface area contributed by atoms with Gasteiger partial charge in [0.2, 0.25) is 0 Å². The third kappa shape index (κ3) is 8.82. The number of ether oxygens (including phenoxy) is 1. The Morgan fingerprint density at radius 3 is 2.15 bits per heavy atom. The highest BCUT2D eigenvalue weighted by Crippen LogP contribution is 2.22. The summed E-state index contributed by atoms with van der Waals surface area (Å²) in [7, 11) is 4.17. The number of rotatable bonds is 8. The number of carbonyl (C=O) groups excluding carboxylic acids is 1. The topological polar surface area (TPSA) is 39.3 Å². The summed E-state index contributed by atoms with van der Waals surface area (Å²) in [5.74, 6) is 0.679. The summed E-state index contributed by atoms with van der Waals surface area (Å²) in [5.41, 5.74) is 2.66. The highest BCUT2D eigenvalue weighted by atomic mass is 35.5. The molecule has 0 spiro atoms. The standard InChI is InChI=1S/C25H42N4O2.2ClH/c1-5-12-29(21(2)19-22-6-8-24(9-7-22)26(3)4)20-23-10-13-27(14-11-23)25(30)28-15-17-31-18-16-28;;/h6-9,21,23H,5,10-20H2,1-4H3;2*1H. The summed E-state index contributed by atoms with van der Waals surface area (Å²) in [6.07, 6.45) is 4.49. The van der Waals surface area contributed by atoms with E-state index in [9.17, 15) is 4.79 Å². The van der Waals surface area contributed by atoms with E-state index in [1.54, 1.807) is 0 Å². The molecule has 0 aromatic heterocycles. The first-order valence-electron chi connectivity index (χ1n) is 12.1. The Bertz CT molecular complexity index is 675. The van der Waals surface area contributed by atoms with Gasteiger partial charge in [0.15, 0.2) is 0 Å². The van der Waals surface area contributed by atoms with E-state index in [1.165, 1.54) is 17.7 Å². The Balaban J connectivity index is 0.00000272. The van der Waals surface area contributed by atoms with Crippen LogP contribution < -0.4 is 4.90 Å². The zero-order valence-electron chi connectivity index (χ0n) is 20.9. The Hall–Kier alpha value is -1.21. The van der Waals surface area contributed by atoms with E-state index in [1.807, 2.05) is 4.90 Å². The molecule has 1 aromatic rings. The van der Waals surface area contributed by atoms with Crippen molar-refractivity contribution in [1.29, 1.82) is 0 Å². The van der Waals surface area contributed by atoms with E-state index in [4.69, 9.17) is 4.74 Å². The minimum atomic E-state index is 0. The van der Waals surface area contributed by atoms with Crippen molar-refractivity contribution in [2.45, 2.75) is 45.6 Å². The predicted molar refractivity (Wildman–Crippen MR) is 142 cm³/mol. The normalized spacial score (nSPS) is 17.8. The smallest absolute Gasteiger partial charge is 0.320 e. The lowest BCUT2D eigenvalue weighted by molar-refractivity contribution is 0.0386. The van der Waals surface area contributed by atoms with Gasteiger partial charge in [-0.3, -0.25) is 0 Å². The van der Waals surface area contributed by atoms with Crippen LogP contribution in [0.3, 0.4) is 0 Å². The van der Waals surface area contributed by atoms with Gasteiger partial charge in [-0.2, -0.15) is 0 Å². The minimum absolute atomic E-state index is 0. The van der Waals surface area contributed by atoms with Crippen molar-refractivity contribution in [2.75, 3.05) is 71.5 Å². The zero-order chi connectivity index (χ0) is 22.2. The molecule has 2 amide bonds. The molecule has 0 radical (unpaired) electrons. The van der Waals surface area contributed by atoms with Gasteiger partial charge in [-0.05, 0) is 62.8 Å². The minimum Gasteiger partial charge on any atom is -0.378 e. The second kappa shape index (κ2) is 14.9. The van der Waals surface area contributed by atoms with Crippen LogP contribution in [0.15, 0.2) is 24.3 Å². The van der Waals surface area contributed by atoms with Crippen LogP contribution in [0.4, 0.5) is 10.5 Å². The van der Waals surface area contributed by atoms with Gasteiger partial charge in [0.1, 0.15) is 0 Å². The van der Waals surface area contributed by atoms with Crippen molar-refractivity contribution in [2.24, 2.45) is 5.92 Å². The summed E-state index contributed by atoms with van der Waals surface area (Å²) in [5, 5.41) is 0. The molecule has 2 aliphatic rings. The van der Waals surface area contributed by atoms with Gasteiger partial charge in [0.05, 0.1) is 13.2 Å². The number of anilines is 1. The van der Waals surface area contributed by atoms with Gasteiger partial charge >= 0.3 is 6.03 Å². The fourth-order valence-electron chi connectivity index (χ4n) is 4.77. The van der Waals surface area contributed by atoms with Gasteiger partial charge < -0.3 is 24.3 Å². The van der Waals surface area contributed by atoms with Gasteiger partial charge in [-0.1, -0.05) is 19.1 Å². The van der Waals surface area contributed by atoms with Crippen LogP contribution in [0.1, 0.15) is 38.7 Å². The van der Waals surface area contributed by atoms with Gasteiger partial charge in [-0.15, -0.1) is 24.8 Å². The SMILES string of the molecule is CCCN(CC1CCN(C(=O)N2CCOCC2)CC1)C(C)Cc1ccc(N(C)C)cc1.Cl.Cl. The molecule has 0 bridgehead atoms. The van der Waals surface area contributed by atoms with Crippen LogP contribution in [0.5, 0.6) is 0 Å². The molecule has 1 unspecified atom stereocenters. The molecule has 1 atom stereocenters. The molecule has 1 aromatic carbocycles. The second-order valence-corrected chi connectivity index (χ2v) is 9.42. The van der Waals surface area contributed by atoms with Crippen molar-refractivity contribution in [3.63, 3.8) is 0 Å². The monoisotopic (exact) mass is 502 g/mol. The van der Waals surface area contributed by atoms with E-state index in [2.05, 4.69) is 66.9 Å². The molecule has 2 aliphatic heterocycles. The fourth-order valence-corrected chi connectivity index (χ4v) is 4.77. The molecule has 6 nitrogen and oxygen atoms in total. The molecule has 3 rings (SSSR count). The lowest BCUT2D eigenvalue weighted by atomic mass is 9.95. The summed E-state index contributed by atoms with van der Waals surface area (Å²) in [6, 6.07) is 9.71. The number of hydrogen-bond donors (Lipinski definition) is 0. The second-order valence-electron chi connectivity index (χ2n) is 9.42. The molecule has 33 heavy (non-hydrogen) atoms. The highest BCUT2D eigenvalue weighted by molar-refractivity contribution is 5.85. The van der Waals surface area contributed by atoms with Crippen LogP contribution in [0.2, 0.25) is 0 Å². The van der Waals surface area contributed by atoms with Crippen molar-refractivity contribution >= 4 is 36.5 Å². The molecular formula is C25H44Cl2N4O2.